The summed E-state index contributed by atoms with van der Waals surface area (Å²) < 4.78 is 43.8. The maximum absolute atomic E-state index is 13.5. The Morgan fingerprint density at radius 2 is 1.92 bits per heavy atom. The molecule has 0 aliphatic heterocycles. The van der Waals surface area contributed by atoms with Gasteiger partial charge in [-0.1, -0.05) is 22.9 Å². The van der Waals surface area contributed by atoms with Crippen LogP contribution in [0.5, 0.6) is 0 Å². The van der Waals surface area contributed by atoms with Gasteiger partial charge in [-0.25, -0.2) is 4.68 Å². The zero-order valence-electron chi connectivity index (χ0n) is 19.9. The molecule has 0 bridgehead atoms. The third kappa shape index (κ3) is 4.98. The summed E-state index contributed by atoms with van der Waals surface area (Å²) in [4.78, 5) is 13.0. The van der Waals surface area contributed by atoms with Crippen LogP contribution in [0.4, 0.5) is 18.9 Å². The molecule has 0 spiro atoms. The van der Waals surface area contributed by atoms with Gasteiger partial charge in [0.05, 0.1) is 28.7 Å². The van der Waals surface area contributed by atoms with Crippen LogP contribution in [-0.2, 0) is 19.8 Å². The molecule has 2 aromatic carbocycles. The lowest BCUT2D eigenvalue weighted by molar-refractivity contribution is -0.137. The van der Waals surface area contributed by atoms with E-state index in [1.54, 1.807) is 47.0 Å². The summed E-state index contributed by atoms with van der Waals surface area (Å²) in [6, 6.07) is 7.17. The maximum atomic E-state index is 13.5. The first-order valence-electron chi connectivity index (χ1n) is 10.9. The number of halogens is 4. The third-order valence-electron chi connectivity index (χ3n) is 5.80. The highest BCUT2D eigenvalue weighted by molar-refractivity contribution is 6.32. The Bertz CT molecular complexity index is 1440. The monoisotopic (exact) mass is 517 g/mol. The number of aryl methyl sites for hydroxylation is 2. The molecular weight excluding hydrogens is 495 g/mol. The Hall–Kier alpha value is -3.70. The summed E-state index contributed by atoms with van der Waals surface area (Å²) >= 11 is 5.97. The molecular formula is C24H23ClF3N7O. The van der Waals surface area contributed by atoms with Gasteiger partial charge >= 0.3 is 6.18 Å². The lowest BCUT2D eigenvalue weighted by Gasteiger charge is -2.16. The van der Waals surface area contributed by atoms with E-state index in [1.165, 1.54) is 6.07 Å². The van der Waals surface area contributed by atoms with Crippen molar-refractivity contribution in [1.29, 1.82) is 0 Å². The molecule has 4 aromatic rings. The summed E-state index contributed by atoms with van der Waals surface area (Å²) in [6.07, 6.45) is -1.24. The zero-order chi connectivity index (χ0) is 26.2. The van der Waals surface area contributed by atoms with Crippen LogP contribution in [-0.4, -0.2) is 37.7 Å². The van der Waals surface area contributed by atoms with Gasteiger partial charge in [0.2, 0.25) is 0 Å². The molecule has 0 saturated carbocycles. The zero-order valence-corrected chi connectivity index (χ0v) is 20.7. The highest BCUT2D eigenvalue weighted by Crippen LogP contribution is 2.38. The summed E-state index contributed by atoms with van der Waals surface area (Å²) in [5.74, 6) is -0.578. The van der Waals surface area contributed by atoms with Crippen LogP contribution in [0.1, 0.15) is 32.7 Å². The van der Waals surface area contributed by atoms with Crippen LogP contribution in [0.3, 0.4) is 0 Å². The number of hydrogen-bond acceptors (Lipinski definition) is 5. The fourth-order valence-electron chi connectivity index (χ4n) is 3.74. The standard InChI is InChI=1S/C24H23ClF3N7O/c1-13-5-6-15(8-21(13)35-12-20(32-33-35)18-11-30-34(4)14(18)2)23(36)31-17-7-16(10-29-3)22(25)19(9-17)24(26,27)28/h5-9,11-12,29H,10H2,1-4H3,(H,31,36). The number of nitrogens with zero attached hydrogens (tertiary/aromatic N) is 5. The largest absolute Gasteiger partial charge is 0.417 e. The molecule has 36 heavy (non-hydrogen) atoms. The van der Waals surface area contributed by atoms with E-state index in [0.29, 0.717) is 11.4 Å². The normalized spacial score (nSPS) is 11.7. The second-order valence-corrected chi connectivity index (χ2v) is 8.67. The van der Waals surface area contributed by atoms with Crippen LogP contribution in [0.25, 0.3) is 16.9 Å². The van der Waals surface area contributed by atoms with Gasteiger partial charge in [0.15, 0.2) is 0 Å². The first-order valence-corrected chi connectivity index (χ1v) is 11.2. The average molecular weight is 518 g/mol. The fourth-order valence-corrected chi connectivity index (χ4v) is 4.02. The molecule has 0 aliphatic carbocycles. The first kappa shape index (κ1) is 25.4. The van der Waals surface area contributed by atoms with Crippen molar-refractivity contribution >= 4 is 23.2 Å². The van der Waals surface area contributed by atoms with Gasteiger partial charge in [-0.2, -0.15) is 18.3 Å². The van der Waals surface area contributed by atoms with Crippen molar-refractivity contribution in [3.63, 3.8) is 0 Å². The van der Waals surface area contributed by atoms with Gasteiger partial charge in [0.1, 0.15) is 5.69 Å². The van der Waals surface area contributed by atoms with Crippen molar-refractivity contribution in [2.24, 2.45) is 7.05 Å². The molecule has 0 aliphatic rings. The fraction of sp³-hybridized carbons (Fsp3) is 0.250. The molecule has 2 heterocycles. The summed E-state index contributed by atoms with van der Waals surface area (Å²) in [6.45, 7) is 3.87. The van der Waals surface area contributed by atoms with Gasteiger partial charge in [-0.15, -0.1) is 5.10 Å². The number of carbonyl (C=O) groups excluding carboxylic acids is 1. The number of aromatic nitrogens is 5. The van der Waals surface area contributed by atoms with Crippen molar-refractivity contribution in [2.75, 3.05) is 12.4 Å². The molecule has 2 N–H and O–H groups in total. The smallest absolute Gasteiger partial charge is 0.322 e. The number of benzene rings is 2. The van der Waals surface area contributed by atoms with Gasteiger partial charge in [-0.05, 0) is 56.3 Å². The molecule has 0 radical (unpaired) electrons. The second kappa shape index (κ2) is 9.75. The first-order chi connectivity index (χ1) is 17.0. The lowest BCUT2D eigenvalue weighted by Crippen LogP contribution is -2.16. The number of carbonyl (C=O) groups is 1. The third-order valence-corrected chi connectivity index (χ3v) is 6.25. The molecule has 0 atom stereocenters. The molecule has 1 amide bonds. The van der Waals surface area contributed by atoms with Crippen molar-refractivity contribution in [3.8, 4) is 16.9 Å². The van der Waals surface area contributed by atoms with E-state index in [2.05, 4.69) is 26.0 Å². The van der Waals surface area contributed by atoms with Crippen LogP contribution in [0, 0.1) is 13.8 Å². The van der Waals surface area contributed by atoms with Crippen molar-refractivity contribution in [2.45, 2.75) is 26.6 Å². The van der Waals surface area contributed by atoms with Gasteiger partial charge in [0.25, 0.3) is 5.91 Å². The van der Waals surface area contributed by atoms with Gasteiger partial charge in [0, 0.05) is 36.1 Å². The van der Waals surface area contributed by atoms with E-state index in [4.69, 9.17) is 11.6 Å². The van der Waals surface area contributed by atoms with Crippen LogP contribution >= 0.6 is 11.6 Å². The predicted molar refractivity (Wildman–Crippen MR) is 130 cm³/mol. The number of alkyl halides is 3. The van der Waals surface area contributed by atoms with E-state index in [9.17, 15) is 18.0 Å². The quantitative estimate of drug-likeness (QED) is 0.378. The van der Waals surface area contributed by atoms with E-state index >= 15 is 0 Å². The van der Waals surface area contributed by atoms with Crippen molar-refractivity contribution < 1.29 is 18.0 Å². The highest BCUT2D eigenvalue weighted by Gasteiger charge is 2.34. The number of hydrogen-bond donors (Lipinski definition) is 2. The Labute approximate surface area is 210 Å². The minimum absolute atomic E-state index is 0.0146. The van der Waals surface area contributed by atoms with E-state index in [1.807, 2.05) is 20.9 Å². The van der Waals surface area contributed by atoms with E-state index in [0.717, 1.165) is 22.9 Å². The molecule has 0 unspecified atom stereocenters. The van der Waals surface area contributed by atoms with Crippen LogP contribution in [0.2, 0.25) is 5.02 Å². The minimum Gasteiger partial charge on any atom is -0.322 e. The topological polar surface area (TPSA) is 89.7 Å². The molecule has 0 fully saturated rings. The number of rotatable bonds is 6. The predicted octanol–water partition coefficient (Wildman–Crippen LogP) is 4.93. The highest BCUT2D eigenvalue weighted by atomic mass is 35.5. The second-order valence-electron chi connectivity index (χ2n) is 8.30. The van der Waals surface area contributed by atoms with Crippen LogP contribution in [0.15, 0.2) is 42.7 Å². The maximum Gasteiger partial charge on any atom is 0.417 e. The number of amides is 1. The van der Waals surface area contributed by atoms with E-state index < -0.39 is 22.7 Å². The van der Waals surface area contributed by atoms with E-state index in [-0.39, 0.29) is 23.4 Å². The molecule has 4 rings (SSSR count). The SMILES string of the molecule is CNCc1cc(NC(=O)c2ccc(C)c(-n3cc(-c4cnn(C)c4C)nn3)c2)cc(C(F)(F)F)c1Cl. The summed E-state index contributed by atoms with van der Waals surface area (Å²) in [7, 11) is 3.42. The molecule has 188 valence electrons. The molecule has 2 aromatic heterocycles. The summed E-state index contributed by atoms with van der Waals surface area (Å²) in [5, 5.41) is 17.6. The molecule has 12 heteroatoms. The number of anilines is 1. The number of nitrogens with one attached hydrogen (secondary N) is 2. The Kier molecular flexibility index (Phi) is 6.87. The Morgan fingerprint density at radius 1 is 1.17 bits per heavy atom. The lowest BCUT2D eigenvalue weighted by atomic mass is 10.1. The van der Waals surface area contributed by atoms with Gasteiger partial charge in [-0.3, -0.25) is 9.48 Å². The van der Waals surface area contributed by atoms with Crippen molar-refractivity contribution in [1.82, 2.24) is 30.1 Å². The minimum atomic E-state index is -4.67. The summed E-state index contributed by atoms with van der Waals surface area (Å²) in [5.41, 5.74) is 3.23. The average Bonchev–Trinajstić information content (AvgIpc) is 3.42. The van der Waals surface area contributed by atoms with Crippen LogP contribution < -0.4 is 10.6 Å². The Morgan fingerprint density at radius 3 is 2.56 bits per heavy atom. The van der Waals surface area contributed by atoms with Gasteiger partial charge < -0.3 is 10.6 Å². The van der Waals surface area contributed by atoms with Crippen molar-refractivity contribution in [3.05, 3.63) is 75.7 Å². The molecule has 8 nitrogen and oxygen atoms in total. The Balaban J connectivity index is 1.65. The molecule has 0 saturated heterocycles.